The van der Waals surface area contributed by atoms with E-state index in [4.69, 9.17) is 5.11 Å². The number of hydrogen-bond donors (Lipinski definition) is 2. The van der Waals surface area contributed by atoms with Crippen molar-refractivity contribution in [1.29, 1.82) is 0 Å². The molecule has 6 heteroatoms. The number of hydrogen-bond acceptors (Lipinski definition) is 4. The summed E-state index contributed by atoms with van der Waals surface area (Å²) in [4.78, 5) is 26.0. The monoisotopic (exact) mass is 230 g/mol. The van der Waals surface area contributed by atoms with E-state index < -0.39 is 24.5 Å². The van der Waals surface area contributed by atoms with Gasteiger partial charge in [-0.25, -0.2) is 0 Å². The number of β-amino-alcohol motifs (C(OH)–C–C–N with tert-alkyl or cyclic N) is 1. The largest absolute Gasteiger partial charge is 0.394 e. The molecule has 1 atom stereocenters. The first kappa shape index (κ1) is 12.9. The molecule has 16 heavy (non-hydrogen) atoms. The van der Waals surface area contributed by atoms with Crippen LogP contribution in [0, 0.1) is 0 Å². The third-order valence-electron chi connectivity index (χ3n) is 2.53. The van der Waals surface area contributed by atoms with Gasteiger partial charge in [0.05, 0.1) is 12.7 Å². The highest BCUT2D eigenvalue weighted by atomic mass is 16.3. The summed E-state index contributed by atoms with van der Waals surface area (Å²) in [5.74, 6) is -1.11. The lowest BCUT2D eigenvalue weighted by atomic mass is 10.2. The van der Waals surface area contributed by atoms with Crippen LogP contribution in [0.25, 0.3) is 0 Å². The Balaban J connectivity index is 2.54. The van der Waals surface area contributed by atoms with Gasteiger partial charge in [-0.05, 0) is 6.42 Å². The van der Waals surface area contributed by atoms with E-state index in [2.05, 4.69) is 0 Å². The van der Waals surface area contributed by atoms with Crippen LogP contribution in [0.4, 0.5) is 0 Å². The minimum atomic E-state index is -0.977. The van der Waals surface area contributed by atoms with Crippen molar-refractivity contribution in [3.8, 4) is 0 Å². The topological polar surface area (TPSA) is 81.1 Å². The van der Waals surface area contributed by atoms with Gasteiger partial charge in [-0.1, -0.05) is 6.92 Å². The second-order valence-corrected chi connectivity index (χ2v) is 3.88. The lowest BCUT2D eigenvalue weighted by Gasteiger charge is -2.34. The molecule has 0 bridgehead atoms. The maximum Gasteiger partial charge on any atom is 0.312 e. The van der Waals surface area contributed by atoms with Crippen LogP contribution >= 0.6 is 0 Å². The summed E-state index contributed by atoms with van der Waals surface area (Å²) < 4.78 is 0. The molecule has 1 heterocycles. The van der Waals surface area contributed by atoms with Crippen LogP contribution < -0.4 is 0 Å². The number of aliphatic hydroxyl groups excluding tert-OH is 2. The van der Waals surface area contributed by atoms with Gasteiger partial charge in [-0.2, -0.15) is 0 Å². The van der Waals surface area contributed by atoms with E-state index in [0.29, 0.717) is 19.6 Å². The maximum atomic E-state index is 11.6. The van der Waals surface area contributed by atoms with E-state index in [1.807, 2.05) is 6.92 Å². The van der Waals surface area contributed by atoms with Crippen LogP contribution in [0.15, 0.2) is 0 Å². The molecular weight excluding hydrogens is 212 g/mol. The summed E-state index contributed by atoms with van der Waals surface area (Å²) in [5, 5.41) is 17.9. The molecule has 1 saturated heterocycles. The predicted octanol–water partition coefficient (Wildman–Crippen LogP) is -1.58. The molecule has 2 amide bonds. The first-order valence-electron chi connectivity index (χ1n) is 5.47. The Morgan fingerprint density at radius 3 is 2.38 bits per heavy atom. The third kappa shape index (κ3) is 2.93. The maximum absolute atomic E-state index is 11.6. The molecule has 1 unspecified atom stereocenters. The second kappa shape index (κ2) is 5.81. The first-order chi connectivity index (χ1) is 7.60. The summed E-state index contributed by atoms with van der Waals surface area (Å²) in [5.41, 5.74) is 0. The summed E-state index contributed by atoms with van der Waals surface area (Å²) in [6.07, 6.45) is -0.160. The van der Waals surface area contributed by atoms with Gasteiger partial charge in [0, 0.05) is 26.2 Å². The Labute approximate surface area is 94.4 Å². The van der Waals surface area contributed by atoms with Gasteiger partial charge in [0.25, 0.3) is 0 Å². The van der Waals surface area contributed by atoms with E-state index in [1.54, 1.807) is 0 Å². The minimum Gasteiger partial charge on any atom is -0.394 e. The van der Waals surface area contributed by atoms with E-state index in [9.17, 15) is 14.7 Å². The van der Waals surface area contributed by atoms with Gasteiger partial charge in [0.1, 0.15) is 0 Å². The fourth-order valence-electron chi connectivity index (χ4n) is 1.68. The zero-order valence-electron chi connectivity index (χ0n) is 9.43. The molecule has 1 rings (SSSR count). The van der Waals surface area contributed by atoms with Crippen molar-refractivity contribution in [2.75, 3.05) is 32.8 Å². The van der Waals surface area contributed by atoms with Crippen LogP contribution in [-0.2, 0) is 9.59 Å². The SMILES string of the molecule is CCCN1CCN(CC(O)CO)C(=O)C1=O. The highest BCUT2D eigenvalue weighted by Gasteiger charge is 2.32. The normalized spacial score (nSPS) is 19.2. The molecule has 6 nitrogen and oxygen atoms in total. The van der Waals surface area contributed by atoms with E-state index >= 15 is 0 Å². The van der Waals surface area contributed by atoms with Crippen LogP contribution in [0.1, 0.15) is 13.3 Å². The molecule has 0 saturated carbocycles. The summed E-state index contributed by atoms with van der Waals surface area (Å²) in [6, 6.07) is 0. The standard InChI is InChI=1S/C10H18N2O4/c1-2-3-11-4-5-12(6-8(14)7-13)10(16)9(11)15/h8,13-14H,2-7H2,1H3. The van der Waals surface area contributed by atoms with Gasteiger partial charge >= 0.3 is 11.8 Å². The number of amides is 2. The first-order valence-corrected chi connectivity index (χ1v) is 5.47. The smallest absolute Gasteiger partial charge is 0.312 e. The lowest BCUT2D eigenvalue weighted by Crippen LogP contribution is -2.56. The molecule has 1 aliphatic heterocycles. The zero-order chi connectivity index (χ0) is 12.1. The van der Waals surface area contributed by atoms with Crippen molar-refractivity contribution in [2.45, 2.75) is 19.4 Å². The van der Waals surface area contributed by atoms with Crippen LogP contribution in [0.3, 0.4) is 0 Å². The van der Waals surface area contributed by atoms with Crippen LogP contribution in [0.5, 0.6) is 0 Å². The Hall–Kier alpha value is -1.14. The number of nitrogens with zero attached hydrogens (tertiary/aromatic N) is 2. The molecule has 0 aliphatic carbocycles. The van der Waals surface area contributed by atoms with Crippen LogP contribution in [0.2, 0.25) is 0 Å². The average Bonchev–Trinajstić information content (AvgIpc) is 2.28. The molecular formula is C10H18N2O4. The van der Waals surface area contributed by atoms with Gasteiger partial charge < -0.3 is 20.0 Å². The molecule has 1 fully saturated rings. The molecule has 0 spiro atoms. The van der Waals surface area contributed by atoms with Crippen molar-refractivity contribution in [2.24, 2.45) is 0 Å². The van der Waals surface area contributed by atoms with E-state index in [-0.39, 0.29) is 6.54 Å². The van der Waals surface area contributed by atoms with Gasteiger partial charge in [0.15, 0.2) is 0 Å². The fraction of sp³-hybridized carbons (Fsp3) is 0.800. The molecule has 92 valence electrons. The molecule has 0 aromatic carbocycles. The lowest BCUT2D eigenvalue weighted by molar-refractivity contribution is -0.157. The second-order valence-electron chi connectivity index (χ2n) is 3.88. The predicted molar refractivity (Wildman–Crippen MR) is 56.5 cm³/mol. The van der Waals surface area contributed by atoms with Gasteiger partial charge in [-0.3, -0.25) is 9.59 Å². The van der Waals surface area contributed by atoms with Crippen molar-refractivity contribution < 1.29 is 19.8 Å². The van der Waals surface area contributed by atoms with Crippen molar-refractivity contribution in [3.63, 3.8) is 0 Å². The summed E-state index contributed by atoms with van der Waals surface area (Å²) in [7, 11) is 0. The highest BCUT2D eigenvalue weighted by molar-refractivity contribution is 6.35. The van der Waals surface area contributed by atoms with E-state index in [1.165, 1.54) is 9.80 Å². The summed E-state index contributed by atoms with van der Waals surface area (Å²) >= 11 is 0. The average molecular weight is 230 g/mol. The number of rotatable bonds is 5. The summed E-state index contributed by atoms with van der Waals surface area (Å²) in [6.45, 7) is 3.05. The molecule has 0 aromatic rings. The minimum absolute atomic E-state index is 0.0149. The van der Waals surface area contributed by atoms with Crippen LogP contribution in [-0.4, -0.2) is 70.7 Å². The Morgan fingerprint density at radius 2 is 1.81 bits per heavy atom. The fourth-order valence-corrected chi connectivity index (χ4v) is 1.68. The Morgan fingerprint density at radius 1 is 1.25 bits per heavy atom. The zero-order valence-corrected chi connectivity index (χ0v) is 9.43. The van der Waals surface area contributed by atoms with Gasteiger partial charge in [-0.15, -0.1) is 0 Å². The van der Waals surface area contributed by atoms with Crippen molar-refractivity contribution >= 4 is 11.8 Å². The number of piperazine rings is 1. The third-order valence-corrected chi connectivity index (χ3v) is 2.53. The molecule has 0 radical (unpaired) electrons. The van der Waals surface area contributed by atoms with Gasteiger partial charge in [0.2, 0.25) is 0 Å². The number of carbonyl (C=O) groups is 2. The molecule has 1 aliphatic rings. The highest BCUT2D eigenvalue weighted by Crippen LogP contribution is 2.06. The Bertz CT molecular complexity index is 270. The number of carbonyl (C=O) groups excluding carboxylic acids is 2. The molecule has 0 aromatic heterocycles. The van der Waals surface area contributed by atoms with Crippen molar-refractivity contribution in [3.05, 3.63) is 0 Å². The quantitative estimate of drug-likeness (QED) is 0.559. The number of aliphatic hydroxyl groups is 2. The Kier molecular flexibility index (Phi) is 4.70. The van der Waals surface area contributed by atoms with E-state index in [0.717, 1.165) is 6.42 Å². The van der Waals surface area contributed by atoms with Crippen molar-refractivity contribution in [1.82, 2.24) is 9.80 Å². The molecule has 2 N–H and O–H groups in total.